The Morgan fingerprint density at radius 1 is 1.21 bits per heavy atom. The molecule has 29 heavy (non-hydrogen) atoms. The van der Waals surface area contributed by atoms with Gasteiger partial charge in [0.2, 0.25) is 0 Å². The smallest absolute Gasteiger partial charge is 0.331 e. The molecule has 0 N–H and O–H groups in total. The number of ether oxygens (including phenoxy) is 3. The minimum Gasteiger partial charge on any atom is -0.466 e. The fourth-order valence-electron chi connectivity index (χ4n) is 5.24. The molecule has 6 heteroatoms. The normalized spacial score (nSPS) is 31.6. The van der Waals surface area contributed by atoms with Crippen molar-refractivity contribution in [3.63, 3.8) is 0 Å². The maximum atomic E-state index is 13.7. The number of carbonyl (C=O) groups excluding carboxylic acids is 1. The molecule has 0 aromatic heterocycles. The van der Waals surface area contributed by atoms with Gasteiger partial charge in [-0.3, -0.25) is 4.21 Å². The maximum absolute atomic E-state index is 13.7. The third kappa shape index (κ3) is 3.94. The molecule has 3 rings (SSSR count). The molecular formula is C23H32O5S. The van der Waals surface area contributed by atoms with Crippen molar-refractivity contribution in [3.8, 4) is 0 Å². The highest BCUT2D eigenvalue weighted by Gasteiger charge is 2.68. The van der Waals surface area contributed by atoms with Crippen LogP contribution in [0.25, 0.3) is 0 Å². The number of fused-ring (bicyclic) bond motifs is 2. The minimum absolute atomic E-state index is 0.0231. The Morgan fingerprint density at radius 3 is 2.52 bits per heavy atom. The molecule has 5 nitrogen and oxygen atoms in total. The van der Waals surface area contributed by atoms with E-state index in [2.05, 4.69) is 20.8 Å². The Bertz CT molecular complexity index is 788. The van der Waals surface area contributed by atoms with Crippen LogP contribution in [0.2, 0.25) is 0 Å². The molecule has 1 aromatic carbocycles. The van der Waals surface area contributed by atoms with Crippen molar-refractivity contribution in [2.24, 2.45) is 16.7 Å². The van der Waals surface area contributed by atoms with Crippen LogP contribution in [-0.2, 0) is 36.4 Å². The third-order valence-electron chi connectivity index (χ3n) is 7.29. The van der Waals surface area contributed by atoms with Crippen LogP contribution >= 0.6 is 0 Å². The van der Waals surface area contributed by atoms with Crippen molar-refractivity contribution in [1.29, 1.82) is 0 Å². The van der Waals surface area contributed by atoms with Crippen LogP contribution in [-0.4, -0.2) is 42.4 Å². The molecule has 2 bridgehead atoms. The first-order valence-electron chi connectivity index (χ1n) is 10.1. The predicted molar refractivity (Wildman–Crippen MR) is 114 cm³/mol. The van der Waals surface area contributed by atoms with Crippen molar-refractivity contribution in [2.75, 3.05) is 20.8 Å². The van der Waals surface area contributed by atoms with E-state index in [1.165, 1.54) is 13.2 Å². The first kappa shape index (κ1) is 22.2. The fraction of sp³-hybridized carbons (Fsp3) is 0.609. The molecule has 160 valence electrons. The molecule has 1 unspecified atom stereocenters. The van der Waals surface area contributed by atoms with Crippen molar-refractivity contribution >= 4 is 16.8 Å². The van der Waals surface area contributed by atoms with Gasteiger partial charge in [-0.1, -0.05) is 51.1 Å². The standard InChI is InChI=1S/C23H32O5S/c1-22(2)18-11-12-23(22,3)21(27-5)20(18)29(25)17(13-19(24)26-4)15-28-14-16-9-7-6-8-10-16/h6-10,13,18,20-21H,11-12,14-15H2,1-5H3/b17-13+/t18-,20-,21-,23+,29?/m1/s1. The number of benzene rings is 1. The van der Waals surface area contributed by atoms with Crippen LogP contribution < -0.4 is 0 Å². The quantitative estimate of drug-likeness (QED) is 0.472. The molecule has 0 spiro atoms. The summed E-state index contributed by atoms with van der Waals surface area (Å²) in [6.07, 6.45) is 3.30. The first-order chi connectivity index (χ1) is 13.8. The number of hydrogen-bond acceptors (Lipinski definition) is 5. The van der Waals surface area contributed by atoms with Crippen molar-refractivity contribution < 1.29 is 23.2 Å². The average molecular weight is 421 g/mol. The van der Waals surface area contributed by atoms with Gasteiger partial charge < -0.3 is 14.2 Å². The number of methoxy groups -OCH3 is 2. The molecule has 2 aliphatic rings. The lowest BCUT2D eigenvalue weighted by atomic mass is 9.70. The summed E-state index contributed by atoms with van der Waals surface area (Å²) in [7, 11) is 1.62. The van der Waals surface area contributed by atoms with Gasteiger partial charge in [0.1, 0.15) is 0 Å². The highest BCUT2D eigenvalue weighted by molar-refractivity contribution is 7.89. The largest absolute Gasteiger partial charge is 0.466 e. The molecule has 0 amide bonds. The molecular weight excluding hydrogens is 388 g/mol. The van der Waals surface area contributed by atoms with Gasteiger partial charge in [-0.25, -0.2) is 4.79 Å². The van der Waals surface area contributed by atoms with Crippen molar-refractivity contribution in [3.05, 3.63) is 46.9 Å². The zero-order valence-electron chi connectivity index (χ0n) is 18.0. The SMILES string of the molecule is COC(=O)/C=C(\COCc1ccccc1)S(=O)[C@@H]1[C@H]2CC[C@@](C)([C@@H]1OC)C2(C)C. The van der Waals surface area contributed by atoms with Gasteiger partial charge in [-0.2, -0.15) is 0 Å². The summed E-state index contributed by atoms with van der Waals surface area (Å²) in [6, 6.07) is 9.79. The van der Waals surface area contributed by atoms with E-state index in [4.69, 9.17) is 14.2 Å². The molecule has 0 saturated heterocycles. The maximum Gasteiger partial charge on any atom is 0.331 e. The van der Waals surface area contributed by atoms with Crippen LogP contribution in [0, 0.1) is 16.7 Å². The van der Waals surface area contributed by atoms with E-state index in [0.717, 1.165) is 18.4 Å². The molecule has 1 aromatic rings. The Labute approximate surface area is 176 Å². The second-order valence-corrected chi connectivity index (χ2v) is 10.5. The summed E-state index contributed by atoms with van der Waals surface area (Å²) in [5.41, 5.74) is 1.02. The summed E-state index contributed by atoms with van der Waals surface area (Å²) in [5, 5.41) is -0.162. The topological polar surface area (TPSA) is 61.8 Å². The number of carbonyl (C=O) groups is 1. The van der Waals surface area contributed by atoms with Gasteiger partial charge in [0.15, 0.2) is 0 Å². The Kier molecular flexibility index (Phi) is 6.66. The van der Waals surface area contributed by atoms with E-state index < -0.39 is 16.8 Å². The fourth-order valence-corrected chi connectivity index (χ4v) is 7.41. The van der Waals surface area contributed by atoms with E-state index >= 15 is 0 Å². The second kappa shape index (κ2) is 8.70. The summed E-state index contributed by atoms with van der Waals surface area (Å²) in [4.78, 5) is 12.4. The van der Waals surface area contributed by atoms with Gasteiger partial charge in [-0.05, 0) is 29.7 Å². The lowest BCUT2D eigenvalue weighted by molar-refractivity contribution is -0.134. The number of esters is 1. The van der Waals surface area contributed by atoms with Crippen molar-refractivity contribution in [2.45, 2.75) is 51.6 Å². The molecule has 2 saturated carbocycles. The zero-order chi connectivity index (χ0) is 21.2. The number of rotatable bonds is 8. The van der Waals surface area contributed by atoms with Crippen molar-refractivity contribution in [1.82, 2.24) is 0 Å². The van der Waals surface area contributed by atoms with E-state index in [0.29, 0.717) is 11.5 Å². The van der Waals surface area contributed by atoms with Gasteiger partial charge in [0, 0.05) is 23.5 Å². The number of hydrogen-bond donors (Lipinski definition) is 0. The molecule has 5 atom stereocenters. The van der Waals surface area contributed by atoms with E-state index in [9.17, 15) is 9.00 Å². The Hall–Kier alpha value is -1.50. The molecule has 0 aliphatic heterocycles. The van der Waals surface area contributed by atoms with Gasteiger partial charge in [0.25, 0.3) is 0 Å². The highest BCUT2D eigenvalue weighted by Crippen LogP contribution is 2.67. The third-order valence-corrected chi connectivity index (χ3v) is 9.11. The summed E-state index contributed by atoms with van der Waals surface area (Å²) in [5.74, 6) is -0.243. The summed E-state index contributed by atoms with van der Waals surface area (Å²) >= 11 is 0. The van der Waals surface area contributed by atoms with Crippen LogP contribution in [0.1, 0.15) is 39.2 Å². The van der Waals surface area contributed by atoms with Crippen LogP contribution in [0.15, 0.2) is 41.3 Å². The summed E-state index contributed by atoms with van der Waals surface area (Å²) < 4.78 is 30.2. The van der Waals surface area contributed by atoms with Gasteiger partial charge in [0.05, 0.1) is 42.5 Å². The zero-order valence-corrected chi connectivity index (χ0v) is 18.8. The lowest BCUT2D eigenvalue weighted by Gasteiger charge is -2.39. The predicted octanol–water partition coefficient (Wildman–Crippen LogP) is 3.85. The molecule has 0 radical (unpaired) electrons. The average Bonchev–Trinajstić information content (AvgIpc) is 3.04. The van der Waals surface area contributed by atoms with Gasteiger partial charge in [-0.15, -0.1) is 0 Å². The molecule has 2 fully saturated rings. The minimum atomic E-state index is -1.40. The Morgan fingerprint density at radius 2 is 1.90 bits per heavy atom. The monoisotopic (exact) mass is 420 g/mol. The van der Waals surface area contributed by atoms with Crippen LogP contribution in [0.3, 0.4) is 0 Å². The highest BCUT2D eigenvalue weighted by atomic mass is 32.2. The van der Waals surface area contributed by atoms with E-state index in [-0.39, 0.29) is 34.7 Å². The van der Waals surface area contributed by atoms with Gasteiger partial charge >= 0.3 is 5.97 Å². The molecule has 2 aliphatic carbocycles. The lowest BCUT2D eigenvalue weighted by Crippen LogP contribution is -2.43. The summed E-state index contributed by atoms with van der Waals surface area (Å²) in [6.45, 7) is 7.26. The molecule has 0 heterocycles. The van der Waals surface area contributed by atoms with Crippen LogP contribution in [0.4, 0.5) is 0 Å². The van der Waals surface area contributed by atoms with E-state index in [1.54, 1.807) is 7.11 Å². The second-order valence-electron chi connectivity index (χ2n) is 8.81. The first-order valence-corrected chi connectivity index (χ1v) is 11.3. The van der Waals surface area contributed by atoms with E-state index in [1.807, 2.05) is 30.3 Å². The Balaban J connectivity index is 1.81. The van der Waals surface area contributed by atoms with Crippen LogP contribution in [0.5, 0.6) is 0 Å².